The summed E-state index contributed by atoms with van der Waals surface area (Å²) in [4.78, 5) is 11.3. The number of nitrogens with zero attached hydrogens (tertiary/aromatic N) is 4. The normalized spacial score (nSPS) is 10.7. The zero-order chi connectivity index (χ0) is 17.5. The predicted molar refractivity (Wildman–Crippen MR) is 92.8 cm³/mol. The number of rotatable bonds is 3. The smallest absolute Gasteiger partial charge is 0.414 e. The molecule has 2 aromatic heterocycles. The van der Waals surface area contributed by atoms with E-state index in [-0.39, 0.29) is 0 Å². The van der Waals surface area contributed by atoms with Gasteiger partial charge >= 0.3 is 6.09 Å². The molecule has 0 radical (unpaired) electrons. The van der Waals surface area contributed by atoms with Crippen molar-refractivity contribution >= 4 is 39.0 Å². The van der Waals surface area contributed by atoms with E-state index < -0.39 is 11.7 Å². The molecule has 0 saturated carbocycles. The number of aryl methyl sites for hydroxylation is 2. The van der Waals surface area contributed by atoms with Gasteiger partial charge in [-0.1, -0.05) is 36.5 Å². The molecule has 0 atom stereocenters. The summed E-state index contributed by atoms with van der Waals surface area (Å²) in [6.45, 7) is 9.44. The van der Waals surface area contributed by atoms with E-state index in [1.165, 1.54) is 22.7 Å². The summed E-state index contributed by atoms with van der Waals surface area (Å²) >= 11 is 2.80. The zero-order valence-electron chi connectivity index (χ0n) is 13.9. The molecule has 0 aliphatic carbocycles. The van der Waals surface area contributed by atoms with Crippen molar-refractivity contribution in [2.75, 3.05) is 11.1 Å². The number of nitrogens with one attached hydrogen (secondary N) is 1. The minimum Gasteiger partial charge on any atom is -0.444 e. The summed E-state index contributed by atoms with van der Waals surface area (Å²) in [6, 6.07) is 0. The number of anilines is 2. The van der Waals surface area contributed by atoms with Crippen LogP contribution in [0.5, 0.6) is 0 Å². The predicted octanol–water partition coefficient (Wildman–Crippen LogP) is 3.13. The molecule has 23 heavy (non-hydrogen) atoms. The van der Waals surface area contributed by atoms with Crippen molar-refractivity contribution in [3.05, 3.63) is 10.0 Å². The van der Waals surface area contributed by atoms with Gasteiger partial charge in [0.05, 0.1) is 0 Å². The number of aromatic nitrogens is 4. The van der Waals surface area contributed by atoms with Crippen LogP contribution in [0.1, 0.15) is 44.6 Å². The third-order valence-electron chi connectivity index (χ3n) is 2.16. The van der Waals surface area contributed by atoms with E-state index in [1.54, 1.807) is 0 Å². The van der Waals surface area contributed by atoms with Crippen LogP contribution in [0.3, 0.4) is 0 Å². The Labute approximate surface area is 143 Å². The van der Waals surface area contributed by atoms with E-state index in [9.17, 15) is 4.79 Å². The number of hydrogen-bond acceptors (Lipinski definition) is 9. The van der Waals surface area contributed by atoms with Gasteiger partial charge in [-0.2, -0.15) is 0 Å². The van der Waals surface area contributed by atoms with Crippen molar-refractivity contribution in [2.45, 2.75) is 53.1 Å². The van der Waals surface area contributed by atoms with Crippen molar-refractivity contribution < 1.29 is 9.53 Å². The molecule has 0 saturated heterocycles. The summed E-state index contributed by atoms with van der Waals surface area (Å²) in [5, 5.41) is 20.6. The summed E-state index contributed by atoms with van der Waals surface area (Å²) in [6.07, 6.45) is 1.24. The molecule has 0 aliphatic rings. The average Bonchev–Trinajstić information content (AvgIpc) is 3.06. The molecule has 3 N–H and O–H groups in total. The maximum atomic E-state index is 11.3. The van der Waals surface area contributed by atoms with E-state index in [2.05, 4.69) is 25.7 Å². The number of nitrogen functional groups attached to an aromatic ring is 1. The molecule has 0 fully saturated rings. The van der Waals surface area contributed by atoms with E-state index in [0.717, 1.165) is 22.9 Å². The molecular formula is C13H22N6O2S2. The minimum absolute atomic E-state index is 0.473. The SMILES string of the molecule is CCc1nnc(N)s1.CCc1nnc(NC(=O)OC(C)(C)C)s1. The fourth-order valence-corrected chi connectivity index (χ4v) is 2.46. The van der Waals surface area contributed by atoms with Gasteiger partial charge in [-0.15, -0.1) is 20.4 Å². The van der Waals surface area contributed by atoms with E-state index in [0.29, 0.717) is 10.3 Å². The average molecular weight is 358 g/mol. The zero-order valence-corrected chi connectivity index (χ0v) is 15.5. The lowest BCUT2D eigenvalue weighted by atomic mass is 10.2. The van der Waals surface area contributed by atoms with Crippen molar-refractivity contribution in [2.24, 2.45) is 0 Å². The standard InChI is InChI=1S/C9H15N3O2S.C4H7N3S/c1-5-6-11-12-7(15-6)10-8(13)14-9(2,3)4;1-2-3-6-7-4(5)8-3/h5H2,1-4H3,(H,10,12,13);2H2,1H3,(H2,5,7). The van der Waals surface area contributed by atoms with Crippen LogP contribution in [0.25, 0.3) is 0 Å². The first-order chi connectivity index (χ1) is 10.7. The van der Waals surface area contributed by atoms with Crippen molar-refractivity contribution in [3.63, 3.8) is 0 Å². The lowest BCUT2D eigenvalue weighted by Gasteiger charge is -2.18. The monoisotopic (exact) mass is 358 g/mol. The topological polar surface area (TPSA) is 116 Å². The number of nitrogens with two attached hydrogens (primary N) is 1. The molecule has 128 valence electrons. The first kappa shape index (κ1) is 19.2. The molecule has 0 bridgehead atoms. The first-order valence-electron chi connectivity index (χ1n) is 7.13. The van der Waals surface area contributed by atoms with Gasteiger partial charge in [-0.05, 0) is 33.6 Å². The maximum absolute atomic E-state index is 11.3. The van der Waals surface area contributed by atoms with Gasteiger partial charge in [0.25, 0.3) is 0 Å². The molecule has 2 aromatic rings. The Kier molecular flexibility index (Phi) is 7.30. The van der Waals surface area contributed by atoms with Gasteiger partial charge in [0, 0.05) is 0 Å². The van der Waals surface area contributed by atoms with E-state index in [1.807, 2.05) is 34.6 Å². The molecule has 10 heteroatoms. The Morgan fingerprint density at radius 1 is 1.09 bits per heavy atom. The second-order valence-electron chi connectivity index (χ2n) is 5.37. The van der Waals surface area contributed by atoms with E-state index in [4.69, 9.17) is 10.5 Å². The lowest BCUT2D eigenvalue weighted by molar-refractivity contribution is 0.0636. The van der Waals surface area contributed by atoms with Gasteiger partial charge in [0.1, 0.15) is 15.6 Å². The Hall–Kier alpha value is -1.81. The molecule has 2 rings (SSSR count). The first-order valence-corrected chi connectivity index (χ1v) is 8.77. The molecule has 8 nitrogen and oxygen atoms in total. The van der Waals surface area contributed by atoms with Crippen LogP contribution in [0.2, 0.25) is 0 Å². The highest BCUT2D eigenvalue weighted by Crippen LogP contribution is 2.16. The highest BCUT2D eigenvalue weighted by molar-refractivity contribution is 7.15. The largest absolute Gasteiger partial charge is 0.444 e. The fraction of sp³-hybridized carbons (Fsp3) is 0.615. The second-order valence-corrected chi connectivity index (χ2v) is 7.52. The number of hydrogen-bond donors (Lipinski definition) is 2. The van der Waals surface area contributed by atoms with Crippen LogP contribution in [0, 0.1) is 0 Å². The van der Waals surface area contributed by atoms with Gasteiger partial charge in [0.15, 0.2) is 0 Å². The van der Waals surface area contributed by atoms with Crippen molar-refractivity contribution in [1.82, 2.24) is 20.4 Å². The van der Waals surface area contributed by atoms with Crippen LogP contribution < -0.4 is 11.1 Å². The van der Waals surface area contributed by atoms with Crippen molar-refractivity contribution in [3.8, 4) is 0 Å². The Morgan fingerprint density at radius 3 is 2.04 bits per heavy atom. The molecule has 0 spiro atoms. The summed E-state index contributed by atoms with van der Waals surface area (Å²) in [7, 11) is 0. The van der Waals surface area contributed by atoms with Crippen LogP contribution in [0.15, 0.2) is 0 Å². The Bertz CT molecular complexity index is 620. The molecule has 2 heterocycles. The Balaban J connectivity index is 0.000000277. The van der Waals surface area contributed by atoms with E-state index >= 15 is 0 Å². The van der Waals surface area contributed by atoms with Gasteiger partial charge in [0.2, 0.25) is 10.3 Å². The third-order valence-corrected chi connectivity index (χ3v) is 4.04. The second kappa shape index (κ2) is 8.73. The number of carbonyl (C=O) groups is 1. The summed E-state index contributed by atoms with van der Waals surface area (Å²) in [5.74, 6) is 0. The summed E-state index contributed by atoms with van der Waals surface area (Å²) in [5.41, 5.74) is 4.80. The lowest BCUT2D eigenvalue weighted by Crippen LogP contribution is -2.27. The van der Waals surface area contributed by atoms with Crippen LogP contribution in [-0.2, 0) is 17.6 Å². The highest BCUT2D eigenvalue weighted by Gasteiger charge is 2.17. The molecule has 0 aliphatic heterocycles. The molecule has 0 unspecified atom stereocenters. The van der Waals surface area contributed by atoms with Gasteiger partial charge in [-0.25, -0.2) is 4.79 Å². The Morgan fingerprint density at radius 2 is 1.65 bits per heavy atom. The highest BCUT2D eigenvalue weighted by atomic mass is 32.1. The minimum atomic E-state index is -0.499. The number of ether oxygens (including phenoxy) is 1. The fourth-order valence-electron chi connectivity index (χ4n) is 1.25. The maximum Gasteiger partial charge on any atom is 0.414 e. The van der Waals surface area contributed by atoms with Gasteiger partial charge < -0.3 is 10.5 Å². The quantitative estimate of drug-likeness (QED) is 0.865. The number of carbonyl (C=O) groups excluding carboxylic acids is 1. The van der Waals surface area contributed by atoms with Gasteiger partial charge in [-0.3, -0.25) is 5.32 Å². The van der Waals surface area contributed by atoms with Crippen LogP contribution in [-0.4, -0.2) is 32.1 Å². The summed E-state index contributed by atoms with van der Waals surface area (Å²) < 4.78 is 5.07. The van der Waals surface area contributed by atoms with Crippen LogP contribution >= 0.6 is 22.7 Å². The molecule has 1 amide bonds. The van der Waals surface area contributed by atoms with Crippen molar-refractivity contribution in [1.29, 1.82) is 0 Å². The number of amides is 1. The molecule has 0 aromatic carbocycles. The van der Waals surface area contributed by atoms with Crippen LogP contribution in [0.4, 0.5) is 15.1 Å². The third kappa shape index (κ3) is 7.84. The molecular weight excluding hydrogens is 336 g/mol.